The number of nitrogen functional groups attached to an aromatic ring is 1. The standard InChI is InChI=1S/C14H19N3O3S/c1-10-5-7-11(8-6-10)21(18,19)20-13-9-12(14(2,3)4)17(15)16-13/h5-9H,15H2,1-4H3. The van der Waals surface area contributed by atoms with Crippen molar-refractivity contribution in [1.29, 1.82) is 0 Å². The van der Waals surface area contributed by atoms with Crippen molar-refractivity contribution in [2.45, 2.75) is 38.0 Å². The third kappa shape index (κ3) is 3.36. The first-order valence-electron chi connectivity index (χ1n) is 6.46. The third-order valence-corrected chi connectivity index (χ3v) is 4.23. The Morgan fingerprint density at radius 3 is 2.24 bits per heavy atom. The van der Waals surface area contributed by atoms with E-state index < -0.39 is 10.1 Å². The Morgan fingerprint density at radius 1 is 1.19 bits per heavy atom. The first-order valence-corrected chi connectivity index (χ1v) is 7.87. The van der Waals surface area contributed by atoms with Gasteiger partial charge in [0.25, 0.3) is 5.88 Å². The summed E-state index contributed by atoms with van der Waals surface area (Å²) < 4.78 is 29.4. The molecular formula is C14H19N3O3S. The molecule has 6 nitrogen and oxygen atoms in total. The van der Waals surface area contributed by atoms with Crippen LogP contribution in [0.4, 0.5) is 0 Å². The van der Waals surface area contributed by atoms with Gasteiger partial charge in [-0.2, -0.15) is 13.2 Å². The smallest absolute Gasteiger partial charge is 0.340 e. The Labute approximate surface area is 124 Å². The first kappa shape index (κ1) is 15.4. The molecule has 21 heavy (non-hydrogen) atoms. The summed E-state index contributed by atoms with van der Waals surface area (Å²) in [7, 11) is -3.91. The molecule has 7 heteroatoms. The van der Waals surface area contributed by atoms with Gasteiger partial charge in [-0.25, -0.2) is 0 Å². The summed E-state index contributed by atoms with van der Waals surface area (Å²) in [6, 6.07) is 7.94. The van der Waals surface area contributed by atoms with E-state index in [0.29, 0.717) is 5.69 Å². The van der Waals surface area contributed by atoms with Crippen molar-refractivity contribution in [3.8, 4) is 5.88 Å². The maximum Gasteiger partial charge on any atom is 0.340 e. The molecule has 0 aliphatic rings. The number of nitrogens with two attached hydrogens (primary N) is 1. The molecule has 0 fully saturated rings. The van der Waals surface area contributed by atoms with Gasteiger partial charge >= 0.3 is 10.1 Å². The molecule has 0 aliphatic heterocycles. The van der Waals surface area contributed by atoms with Gasteiger partial charge in [0.1, 0.15) is 4.90 Å². The third-order valence-electron chi connectivity index (χ3n) is 2.99. The zero-order valence-electron chi connectivity index (χ0n) is 12.5. The minimum absolute atomic E-state index is 0.0389. The average Bonchev–Trinajstić information content (AvgIpc) is 2.69. The fourth-order valence-electron chi connectivity index (χ4n) is 1.84. The maximum atomic E-state index is 12.2. The monoisotopic (exact) mass is 309 g/mol. The fourth-order valence-corrected chi connectivity index (χ4v) is 2.71. The van der Waals surface area contributed by atoms with Crippen LogP contribution in [-0.4, -0.2) is 18.3 Å². The van der Waals surface area contributed by atoms with E-state index in [2.05, 4.69) is 5.10 Å². The molecule has 0 bridgehead atoms. The van der Waals surface area contributed by atoms with E-state index in [1.54, 1.807) is 12.1 Å². The second kappa shape index (κ2) is 5.07. The van der Waals surface area contributed by atoms with Crippen LogP contribution < -0.4 is 10.0 Å². The lowest BCUT2D eigenvalue weighted by Crippen LogP contribution is -2.23. The lowest BCUT2D eigenvalue weighted by molar-refractivity contribution is 0.471. The number of aryl methyl sites for hydroxylation is 1. The molecule has 0 saturated carbocycles. The van der Waals surface area contributed by atoms with Gasteiger partial charge in [-0.05, 0) is 19.1 Å². The predicted octanol–water partition coefficient (Wildman–Crippen LogP) is 1.97. The second-order valence-corrected chi connectivity index (χ2v) is 7.46. The molecule has 114 valence electrons. The number of aromatic nitrogens is 2. The maximum absolute atomic E-state index is 12.2. The minimum atomic E-state index is -3.91. The Kier molecular flexibility index (Phi) is 3.71. The Balaban J connectivity index is 2.31. The summed E-state index contributed by atoms with van der Waals surface area (Å²) >= 11 is 0. The molecule has 1 heterocycles. The van der Waals surface area contributed by atoms with Crippen LogP contribution in [0.2, 0.25) is 0 Å². The van der Waals surface area contributed by atoms with Gasteiger partial charge in [0.15, 0.2) is 0 Å². The molecule has 0 unspecified atom stereocenters. The molecule has 0 amide bonds. The highest BCUT2D eigenvalue weighted by Crippen LogP contribution is 2.26. The van der Waals surface area contributed by atoms with Crippen molar-refractivity contribution in [3.63, 3.8) is 0 Å². The van der Waals surface area contributed by atoms with Crippen LogP contribution in [0.25, 0.3) is 0 Å². The van der Waals surface area contributed by atoms with Crippen LogP contribution in [0.15, 0.2) is 35.2 Å². The quantitative estimate of drug-likeness (QED) is 0.692. The van der Waals surface area contributed by atoms with Gasteiger partial charge in [0, 0.05) is 11.5 Å². The molecular weight excluding hydrogens is 290 g/mol. The summed E-state index contributed by atoms with van der Waals surface area (Å²) in [5, 5.41) is 3.90. The van der Waals surface area contributed by atoms with E-state index in [1.165, 1.54) is 18.2 Å². The van der Waals surface area contributed by atoms with Crippen molar-refractivity contribution < 1.29 is 12.6 Å². The molecule has 1 aromatic carbocycles. The molecule has 0 aliphatic carbocycles. The highest BCUT2D eigenvalue weighted by Gasteiger charge is 2.24. The zero-order valence-corrected chi connectivity index (χ0v) is 13.3. The van der Waals surface area contributed by atoms with Crippen LogP contribution >= 0.6 is 0 Å². The molecule has 0 atom stereocenters. The molecule has 0 spiro atoms. The number of rotatable bonds is 3. The van der Waals surface area contributed by atoms with Gasteiger partial charge in [0.05, 0.1) is 5.69 Å². The van der Waals surface area contributed by atoms with Crippen LogP contribution in [0.1, 0.15) is 32.0 Å². The highest BCUT2D eigenvalue weighted by molar-refractivity contribution is 7.87. The molecule has 2 aromatic rings. The van der Waals surface area contributed by atoms with E-state index in [0.717, 1.165) is 10.4 Å². The number of hydrogen-bond donors (Lipinski definition) is 1. The Hall–Kier alpha value is -2.02. The van der Waals surface area contributed by atoms with Crippen molar-refractivity contribution >= 4 is 10.1 Å². The van der Waals surface area contributed by atoms with Crippen molar-refractivity contribution in [3.05, 3.63) is 41.6 Å². The van der Waals surface area contributed by atoms with Crippen molar-refractivity contribution in [2.75, 3.05) is 5.84 Å². The lowest BCUT2D eigenvalue weighted by Gasteiger charge is -2.16. The molecule has 0 saturated heterocycles. The molecule has 0 radical (unpaired) electrons. The van der Waals surface area contributed by atoms with Crippen LogP contribution in [0.5, 0.6) is 5.88 Å². The fraction of sp³-hybridized carbons (Fsp3) is 0.357. The Morgan fingerprint density at radius 2 is 1.76 bits per heavy atom. The van der Waals surface area contributed by atoms with E-state index >= 15 is 0 Å². The van der Waals surface area contributed by atoms with Gasteiger partial charge in [-0.15, -0.1) is 5.10 Å². The minimum Gasteiger partial charge on any atom is -0.356 e. The summed E-state index contributed by atoms with van der Waals surface area (Å²) in [5.74, 6) is 5.70. The number of nitrogens with zero attached hydrogens (tertiary/aromatic N) is 2. The van der Waals surface area contributed by atoms with Crippen molar-refractivity contribution in [1.82, 2.24) is 9.89 Å². The topological polar surface area (TPSA) is 87.2 Å². The van der Waals surface area contributed by atoms with Crippen LogP contribution in [-0.2, 0) is 15.5 Å². The van der Waals surface area contributed by atoms with E-state index in [-0.39, 0.29) is 16.2 Å². The first-order chi connectivity index (χ1) is 9.59. The second-order valence-electron chi connectivity index (χ2n) is 5.91. The predicted molar refractivity (Wildman–Crippen MR) is 80.1 cm³/mol. The normalized spacial score (nSPS) is 12.4. The van der Waals surface area contributed by atoms with Gasteiger partial charge in [-0.1, -0.05) is 38.5 Å². The van der Waals surface area contributed by atoms with Crippen LogP contribution in [0.3, 0.4) is 0 Å². The molecule has 2 N–H and O–H groups in total. The largest absolute Gasteiger partial charge is 0.356 e. The number of hydrogen-bond acceptors (Lipinski definition) is 5. The highest BCUT2D eigenvalue weighted by atomic mass is 32.2. The summed E-state index contributed by atoms with van der Waals surface area (Å²) in [6.07, 6.45) is 0. The van der Waals surface area contributed by atoms with Gasteiger partial charge in [0.2, 0.25) is 0 Å². The van der Waals surface area contributed by atoms with Crippen molar-refractivity contribution in [2.24, 2.45) is 0 Å². The molecule has 2 rings (SSSR count). The SMILES string of the molecule is Cc1ccc(S(=O)(=O)Oc2cc(C(C)(C)C)n(N)n2)cc1. The summed E-state index contributed by atoms with van der Waals surface area (Å²) in [4.78, 5) is 1.22. The average molecular weight is 309 g/mol. The Bertz CT molecular complexity index is 741. The summed E-state index contributed by atoms with van der Waals surface area (Å²) in [5.41, 5.74) is 1.38. The van der Waals surface area contributed by atoms with Gasteiger partial charge < -0.3 is 10.0 Å². The molecule has 1 aromatic heterocycles. The van der Waals surface area contributed by atoms with Crippen LogP contribution in [0, 0.1) is 6.92 Å². The summed E-state index contributed by atoms with van der Waals surface area (Å²) in [6.45, 7) is 7.73. The van der Waals surface area contributed by atoms with Gasteiger partial charge in [-0.3, -0.25) is 0 Å². The van der Waals surface area contributed by atoms with E-state index in [1.807, 2.05) is 27.7 Å². The van der Waals surface area contributed by atoms with E-state index in [9.17, 15) is 8.42 Å². The lowest BCUT2D eigenvalue weighted by atomic mass is 9.92. The zero-order chi connectivity index (χ0) is 15.8. The number of benzene rings is 1. The van der Waals surface area contributed by atoms with E-state index in [4.69, 9.17) is 10.0 Å².